The van der Waals surface area contributed by atoms with Crippen molar-refractivity contribution in [1.82, 2.24) is 10.2 Å². The van der Waals surface area contributed by atoms with Crippen LogP contribution in [0.3, 0.4) is 0 Å². The molecule has 3 rings (SSSR count). The highest BCUT2D eigenvalue weighted by Gasteiger charge is 2.36. The van der Waals surface area contributed by atoms with E-state index in [-0.39, 0.29) is 23.7 Å². The Kier molecular flexibility index (Phi) is 6.07. The molecule has 1 saturated carbocycles. The number of aliphatic hydroxyl groups excluding tert-OH is 1. The molecule has 0 aromatic heterocycles. The number of piperidine rings is 1. The maximum Gasteiger partial charge on any atom is 0.234 e. The molecule has 25 heavy (non-hydrogen) atoms. The normalized spacial score (nSPS) is 21.4. The van der Waals surface area contributed by atoms with E-state index in [9.17, 15) is 14.3 Å². The van der Waals surface area contributed by atoms with Gasteiger partial charge in [-0.15, -0.1) is 0 Å². The summed E-state index contributed by atoms with van der Waals surface area (Å²) in [5.74, 6) is 0.239. The number of benzene rings is 1. The number of likely N-dealkylation sites (tertiary alicyclic amines) is 1. The fourth-order valence-electron chi connectivity index (χ4n) is 4.28. The fourth-order valence-corrected chi connectivity index (χ4v) is 4.28. The summed E-state index contributed by atoms with van der Waals surface area (Å²) in [5, 5.41) is 12.3. The second kappa shape index (κ2) is 8.28. The van der Waals surface area contributed by atoms with Gasteiger partial charge in [0.05, 0.1) is 6.54 Å². The van der Waals surface area contributed by atoms with Crippen LogP contribution in [0.1, 0.15) is 44.1 Å². The van der Waals surface area contributed by atoms with Crippen LogP contribution >= 0.6 is 0 Å². The van der Waals surface area contributed by atoms with Gasteiger partial charge in [0.15, 0.2) is 0 Å². The van der Waals surface area contributed by atoms with Crippen molar-refractivity contribution in [3.05, 3.63) is 35.6 Å². The molecule has 0 unspecified atom stereocenters. The summed E-state index contributed by atoms with van der Waals surface area (Å²) in [7, 11) is 0. The first-order chi connectivity index (χ1) is 12.1. The predicted octanol–water partition coefficient (Wildman–Crippen LogP) is 2.46. The number of carbonyl (C=O) groups is 1. The predicted molar refractivity (Wildman–Crippen MR) is 95.8 cm³/mol. The highest BCUT2D eigenvalue weighted by Crippen LogP contribution is 2.40. The minimum Gasteiger partial charge on any atom is -0.396 e. The van der Waals surface area contributed by atoms with Crippen molar-refractivity contribution in [2.45, 2.75) is 43.9 Å². The summed E-state index contributed by atoms with van der Waals surface area (Å²) in [6.45, 7) is 3.06. The van der Waals surface area contributed by atoms with E-state index in [1.807, 2.05) is 12.1 Å². The molecule has 4 nitrogen and oxygen atoms in total. The molecule has 2 aliphatic rings. The summed E-state index contributed by atoms with van der Waals surface area (Å²) in [4.78, 5) is 14.6. The first-order valence-corrected chi connectivity index (χ1v) is 9.47. The van der Waals surface area contributed by atoms with E-state index in [0.717, 1.165) is 57.2 Å². The number of nitrogens with one attached hydrogen (secondary N) is 1. The van der Waals surface area contributed by atoms with Crippen molar-refractivity contribution < 1.29 is 14.3 Å². The van der Waals surface area contributed by atoms with Gasteiger partial charge in [-0.2, -0.15) is 0 Å². The van der Waals surface area contributed by atoms with E-state index >= 15 is 0 Å². The van der Waals surface area contributed by atoms with Crippen LogP contribution in [0.25, 0.3) is 0 Å². The van der Waals surface area contributed by atoms with Gasteiger partial charge in [-0.05, 0) is 62.4 Å². The Labute approximate surface area is 149 Å². The van der Waals surface area contributed by atoms with Crippen molar-refractivity contribution in [3.63, 3.8) is 0 Å². The van der Waals surface area contributed by atoms with Crippen LogP contribution in [0.2, 0.25) is 0 Å². The lowest BCUT2D eigenvalue weighted by atomic mass is 9.79. The maximum absolute atomic E-state index is 13.2. The zero-order valence-corrected chi connectivity index (χ0v) is 14.8. The molecule has 1 aliphatic heterocycles. The smallest absolute Gasteiger partial charge is 0.234 e. The molecule has 0 atom stereocenters. The molecular weight excluding hydrogens is 319 g/mol. The number of aliphatic hydroxyl groups is 1. The summed E-state index contributed by atoms with van der Waals surface area (Å²) in [6, 6.07) is 6.77. The number of hydrogen-bond acceptors (Lipinski definition) is 3. The molecule has 0 bridgehead atoms. The number of nitrogens with zero attached hydrogens (tertiary/aromatic N) is 1. The molecule has 0 spiro atoms. The van der Waals surface area contributed by atoms with E-state index in [2.05, 4.69) is 10.2 Å². The Hall–Kier alpha value is -1.46. The van der Waals surface area contributed by atoms with Crippen molar-refractivity contribution in [2.75, 3.05) is 32.8 Å². The van der Waals surface area contributed by atoms with Gasteiger partial charge in [-0.1, -0.05) is 25.0 Å². The average molecular weight is 348 g/mol. The molecule has 1 heterocycles. The molecule has 1 saturated heterocycles. The number of amides is 1. The van der Waals surface area contributed by atoms with E-state index in [1.165, 1.54) is 12.1 Å². The number of hydrogen-bond donors (Lipinski definition) is 2. The molecule has 0 radical (unpaired) electrons. The van der Waals surface area contributed by atoms with Crippen LogP contribution in [0.15, 0.2) is 24.3 Å². The maximum atomic E-state index is 13.2. The van der Waals surface area contributed by atoms with Gasteiger partial charge >= 0.3 is 0 Å². The highest BCUT2D eigenvalue weighted by atomic mass is 19.1. The molecule has 1 aromatic rings. The largest absolute Gasteiger partial charge is 0.396 e. The van der Waals surface area contributed by atoms with Crippen molar-refractivity contribution in [3.8, 4) is 0 Å². The Bertz CT molecular complexity index is 562. The lowest BCUT2D eigenvalue weighted by Crippen LogP contribution is -2.45. The van der Waals surface area contributed by atoms with Crippen molar-refractivity contribution >= 4 is 5.91 Å². The van der Waals surface area contributed by atoms with E-state index < -0.39 is 0 Å². The van der Waals surface area contributed by atoms with Gasteiger partial charge in [0.1, 0.15) is 5.82 Å². The number of carbonyl (C=O) groups excluding carboxylic acids is 1. The molecular formula is C20H29FN2O2. The fraction of sp³-hybridized carbons (Fsp3) is 0.650. The summed E-state index contributed by atoms with van der Waals surface area (Å²) >= 11 is 0. The van der Waals surface area contributed by atoms with Gasteiger partial charge in [-0.25, -0.2) is 4.39 Å². The Balaban J connectivity index is 1.53. The first-order valence-electron chi connectivity index (χ1n) is 9.47. The minimum absolute atomic E-state index is 0.0484. The van der Waals surface area contributed by atoms with Crippen LogP contribution in [-0.4, -0.2) is 48.7 Å². The van der Waals surface area contributed by atoms with Gasteiger partial charge in [0.2, 0.25) is 5.91 Å². The van der Waals surface area contributed by atoms with Crippen LogP contribution in [0.5, 0.6) is 0 Å². The van der Waals surface area contributed by atoms with Crippen LogP contribution in [-0.2, 0) is 10.2 Å². The molecule has 5 heteroatoms. The van der Waals surface area contributed by atoms with Gasteiger partial charge in [0, 0.05) is 18.6 Å². The van der Waals surface area contributed by atoms with E-state index in [1.54, 1.807) is 0 Å². The third-order valence-corrected chi connectivity index (χ3v) is 5.97. The molecule has 2 N–H and O–H groups in total. The summed E-state index contributed by atoms with van der Waals surface area (Å²) in [5.41, 5.74) is 1.09. The van der Waals surface area contributed by atoms with E-state index in [4.69, 9.17) is 0 Å². The number of rotatable bonds is 6. The van der Waals surface area contributed by atoms with E-state index in [0.29, 0.717) is 19.0 Å². The van der Waals surface area contributed by atoms with Gasteiger partial charge in [-0.3, -0.25) is 9.69 Å². The Morgan fingerprint density at radius 1 is 1.20 bits per heavy atom. The second-order valence-corrected chi connectivity index (χ2v) is 7.67. The Morgan fingerprint density at radius 2 is 1.84 bits per heavy atom. The lowest BCUT2D eigenvalue weighted by Gasteiger charge is -2.32. The van der Waals surface area contributed by atoms with Crippen LogP contribution in [0.4, 0.5) is 4.39 Å². The van der Waals surface area contributed by atoms with Crippen LogP contribution in [0, 0.1) is 11.7 Å². The first kappa shape index (κ1) is 18.3. The zero-order chi connectivity index (χ0) is 17.7. The average Bonchev–Trinajstić information content (AvgIpc) is 3.11. The van der Waals surface area contributed by atoms with Crippen molar-refractivity contribution in [1.29, 1.82) is 0 Å². The zero-order valence-electron chi connectivity index (χ0n) is 14.8. The molecule has 138 valence electrons. The minimum atomic E-state index is -0.216. The van der Waals surface area contributed by atoms with Gasteiger partial charge < -0.3 is 10.4 Å². The van der Waals surface area contributed by atoms with Crippen molar-refractivity contribution in [2.24, 2.45) is 5.92 Å². The molecule has 1 amide bonds. The van der Waals surface area contributed by atoms with Crippen LogP contribution < -0.4 is 5.32 Å². The SMILES string of the molecule is O=C(CN1CCC(CO)CC1)NCC1(c2ccc(F)cc2)CCCC1. The topological polar surface area (TPSA) is 52.6 Å². The summed E-state index contributed by atoms with van der Waals surface area (Å²) < 4.78 is 13.2. The quantitative estimate of drug-likeness (QED) is 0.830. The standard InChI is InChI=1S/C20H29FN2O2/c21-18-5-3-17(4-6-18)20(9-1-2-10-20)15-22-19(25)13-23-11-7-16(14-24)8-12-23/h3-6,16,24H,1-2,7-15H2,(H,22,25). The van der Waals surface area contributed by atoms with Gasteiger partial charge in [0.25, 0.3) is 0 Å². The third kappa shape index (κ3) is 4.59. The number of halogens is 1. The third-order valence-electron chi connectivity index (χ3n) is 5.97. The lowest BCUT2D eigenvalue weighted by molar-refractivity contribution is -0.122. The molecule has 1 aliphatic carbocycles. The molecule has 1 aromatic carbocycles. The molecule has 2 fully saturated rings. The monoisotopic (exact) mass is 348 g/mol. The second-order valence-electron chi connectivity index (χ2n) is 7.67. The highest BCUT2D eigenvalue weighted by molar-refractivity contribution is 5.78. The Morgan fingerprint density at radius 3 is 2.44 bits per heavy atom. The summed E-state index contributed by atoms with van der Waals surface area (Å²) in [6.07, 6.45) is 6.32.